The number of amides is 3. The Morgan fingerprint density at radius 2 is 2.16 bits per heavy atom. The molecule has 0 spiro atoms. The van der Waals surface area contributed by atoms with Crippen LogP contribution in [0, 0.1) is 0 Å². The number of hydrogen-bond donors (Lipinski definition) is 2. The Balaban J connectivity index is 1.62. The van der Waals surface area contributed by atoms with Crippen molar-refractivity contribution in [3.63, 3.8) is 0 Å². The van der Waals surface area contributed by atoms with E-state index in [9.17, 15) is 14.4 Å². The van der Waals surface area contributed by atoms with Gasteiger partial charge in [-0.3, -0.25) is 14.4 Å². The van der Waals surface area contributed by atoms with Crippen LogP contribution in [0.3, 0.4) is 0 Å². The monoisotopic (exact) mass is 375 g/mol. The molecule has 6 nitrogen and oxygen atoms in total. The normalized spacial score (nSPS) is 22.0. The quantitative estimate of drug-likeness (QED) is 0.845. The van der Waals surface area contributed by atoms with Gasteiger partial charge < -0.3 is 15.5 Å². The number of carbonyl (C=O) groups excluding carboxylic acids is 3. The summed E-state index contributed by atoms with van der Waals surface area (Å²) >= 11 is 7.30. The summed E-state index contributed by atoms with van der Waals surface area (Å²) in [4.78, 5) is 39.9. The lowest BCUT2D eigenvalue weighted by Crippen LogP contribution is -2.51. The van der Waals surface area contributed by atoms with E-state index in [0.29, 0.717) is 34.1 Å². The molecule has 0 saturated carbocycles. The van der Waals surface area contributed by atoms with Gasteiger partial charge in [-0.1, -0.05) is 17.7 Å². The van der Waals surface area contributed by atoms with Crippen molar-refractivity contribution in [2.45, 2.75) is 18.5 Å². The van der Waals surface area contributed by atoms with E-state index in [1.165, 1.54) is 16.2 Å². The van der Waals surface area contributed by atoms with E-state index in [1.807, 2.05) is 5.38 Å². The van der Waals surface area contributed by atoms with Gasteiger partial charge >= 0.3 is 0 Å². The molecule has 3 amide bonds. The van der Waals surface area contributed by atoms with E-state index < -0.39 is 12.1 Å². The summed E-state index contributed by atoms with van der Waals surface area (Å²) in [5.74, 6) is -0.779. The molecule has 8 heteroatoms. The Morgan fingerprint density at radius 3 is 2.92 bits per heavy atom. The topological polar surface area (TPSA) is 78.5 Å². The molecule has 0 bridgehead atoms. The molecule has 1 fully saturated rings. The van der Waals surface area contributed by atoms with Crippen molar-refractivity contribution in [2.24, 2.45) is 0 Å². The average Bonchev–Trinajstić information content (AvgIpc) is 3.22. The van der Waals surface area contributed by atoms with E-state index in [0.717, 1.165) is 0 Å². The van der Waals surface area contributed by atoms with Gasteiger partial charge in [0, 0.05) is 11.6 Å². The predicted molar refractivity (Wildman–Crippen MR) is 95.1 cm³/mol. The van der Waals surface area contributed by atoms with Crippen LogP contribution in [-0.2, 0) is 4.79 Å². The van der Waals surface area contributed by atoms with Gasteiger partial charge in [-0.15, -0.1) is 11.3 Å². The Kier molecular flexibility index (Phi) is 3.97. The third kappa shape index (κ3) is 2.79. The van der Waals surface area contributed by atoms with Gasteiger partial charge in [0.05, 0.1) is 22.2 Å². The first-order chi connectivity index (χ1) is 12.0. The van der Waals surface area contributed by atoms with Crippen LogP contribution in [0.15, 0.2) is 35.7 Å². The number of nitrogens with one attached hydrogen (secondary N) is 2. The lowest BCUT2D eigenvalue weighted by molar-refractivity contribution is -0.120. The first-order valence-corrected chi connectivity index (χ1v) is 9.06. The molecular formula is C17H14ClN3O3S. The number of thiophene rings is 1. The fourth-order valence-corrected chi connectivity index (χ4v) is 4.11. The number of carbonyl (C=O) groups is 3. The molecule has 2 aromatic rings. The van der Waals surface area contributed by atoms with Gasteiger partial charge in [-0.25, -0.2) is 0 Å². The molecular weight excluding hydrogens is 362 g/mol. The Bertz CT molecular complexity index is 868. The standard InChI is InChI=1S/C17H14ClN3O3S/c18-9-3-4-10-12(8-9)20-16(23)14-11(5-6-21(14)17(10)24)19-15(22)13-2-1-7-25-13/h1-4,7-8,11,14H,5-6H2,(H,19,22)(H,20,23)/t11-,14+/m1/s1. The first-order valence-electron chi connectivity index (χ1n) is 7.80. The van der Waals surface area contributed by atoms with Crippen molar-refractivity contribution >= 4 is 46.3 Å². The summed E-state index contributed by atoms with van der Waals surface area (Å²) in [7, 11) is 0. The van der Waals surface area contributed by atoms with Crippen LogP contribution in [-0.4, -0.2) is 41.2 Å². The fourth-order valence-electron chi connectivity index (χ4n) is 3.31. The SMILES string of the molecule is O=C(N[C@@H]1CCN2C(=O)c3ccc(Cl)cc3NC(=O)[C@H]12)c1cccs1. The van der Waals surface area contributed by atoms with Crippen molar-refractivity contribution in [3.05, 3.63) is 51.2 Å². The maximum Gasteiger partial charge on any atom is 0.261 e. The van der Waals surface area contributed by atoms with Crippen LogP contribution in [0.4, 0.5) is 5.69 Å². The van der Waals surface area contributed by atoms with E-state index in [4.69, 9.17) is 11.6 Å². The third-order valence-electron chi connectivity index (χ3n) is 4.46. The minimum Gasteiger partial charge on any atom is -0.346 e. The van der Waals surface area contributed by atoms with Crippen molar-refractivity contribution in [1.29, 1.82) is 0 Å². The molecule has 128 valence electrons. The minimum atomic E-state index is -0.734. The van der Waals surface area contributed by atoms with Gasteiger partial charge in [0.15, 0.2) is 0 Å². The summed E-state index contributed by atoms with van der Waals surface area (Å²) < 4.78 is 0. The highest BCUT2D eigenvalue weighted by Crippen LogP contribution is 2.31. The Labute approximate surface area is 152 Å². The molecule has 3 heterocycles. The van der Waals surface area contributed by atoms with Gasteiger partial charge in [0.2, 0.25) is 5.91 Å². The number of nitrogens with zero attached hydrogens (tertiary/aromatic N) is 1. The average molecular weight is 376 g/mol. The zero-order valence-corrected chi connectivity index (χ0v) is 14.6. The van der Waals surface area contributed by atoms with Crippen molar-refractivity contribution < 1.29 is 14.4 Å². The van der Waals surface area contributed by atoms with Gasteiger partial charge in [0.25, 0.3) is 11.8 Å². The van der Waals surface area contributed by atoms with E-state index in [-0.39, 0.29) is 17.7 Å². The molecule has 2 atom stereocenters. The van der Waals surface area contributed by atoms with Gasteiger partial charge in [0.1, 0.15) is 6.04 Å². The van der Waals surface area contributed by atoms with Gasteiger partial charge in [-0.05, 0) is 36.1 Å². The second kappa shape index (κ2) is 6.16. The maximum absolute atomic E-state index is 12.8. The number of hydrogen-bond acceptors (Lipinski definition) is 4. The molecule has 1 saturated heterocycles. The van der Waals surface area contributed by atoms with E-state index in [2.05, 4.69) is 10.6 Å². The largest absolute Gasteiger partial charge is 0.346 e. The number of anilines is 1. The summed E-state index contributed by atoms with van der Waals surface area (Å²) in [6, 6.07) is 7.16. The molecule has 0 unspecified atom stereocenters. The molecule has 2 aliphatic rings. The van der Waals surface area contributed by atoms with Crippen LogP contribution in [0.2, 0.25) is 5.02 Å². The van der Waals surface area contributed by atoms with Crippen LogP contribution in [0.5, 0.6) is 0 Å². The van der Waals surface area contributed by atoms with Crippen LogP contribution < -0.4 is 10.6 Å². The highest BCUT2D eigenvalue weighted by Gasteiger charge is 2.45. The van der Waals surface area contributed by atoms with Crippen LogP contribution in [0.25, 0.3) is 0 Å². The second-order valence-corrected chi connectivity index (χ2v) is 7.35. The highest BCUT2D eigenvalue weighted by molar-refractivity contribution is 7.12. The Hall–Kier alpha value is -2.38. The fraction of sp³-hybridized carbons (Fsp3) is 0.235. The first kappa shape index (κ1) is 16.1. The zero-order valence-electron chi connectivity index (χ0n) is 13.0. The second-order valence-electron chi connectivity index (χ2n) is 5.97. The summed E-state index contributed by atoms with van der Waals surface area (Å²) in [5, 5.41) is 7.92. The number of fused-ring (bicyclic) bond motifs is 2. The summed E-state index contributed by atoms with van der Waals surface area (Å²) in [6.07, 6.45) is 0.532. The van der Waals surface area contributed by atoms with Crippen LogP contribution >= 0.6 is 22.9 Å². The lowest BCUT2D eigenvalue weighted by atomic mass is 10.1. The Morgan fingerprint density at radius 1 is 1.32 bits per heavy atom. The maximum atomic E-state index is 12.8. The molecule has 2 aliphatic heterocycles. The zero-order chi connectivity index (χ0) is 17.6. The van der Waals surface area contributed by atoms with E-state index in [1.54, 1.807) is 30.3 Å². The molecule has 2 N–H and O–H groups in total. The highest BCUT2D eigenvalue weighted by atomic mass is 35.5. The van der Waals surface area contributed by atoms with Crippen molar-refractivity contribution in [3.8, 4) is 0 Å². The smallest absolute Gasteiger partial charge is 0.261 e. The minimum absolute atomic E-state index is 0.230. The van der Waals surface area contributed by atoms with E-state index >= 15 is 0 Å². The summed E-state index contributed by atoms with van der Waals surface area (Å²) in [6.45, 7) is 0.411. The number of benzene rings is 1. The van der Waals surface area contributed by atoms with Gasteiger partial charge in [-0.2, -0.15) is 0 Å². The number of halogens is 1. The van der Waals surface area contributed by atoms with Crippen molar-refractivity contribution in [2.75, 3.05) is 11.9 Å². The molecule has 0 aliphatic carbocycles. The third-order valence-corrected chi connectivity index (χ3v) is 5.56. The molecule has 25 heavy (non-hydrogen) atoms. The molecule has 0 radical (unpaired) electrons. The summed E-state index contributed by atoms with van der Waals surface area (Å²) in [5.41, 5.74) is 0.811. The number of rotatable bonds is 2. The molecule has 4 rings (SSSR count). The predicted octanol–water partition coefficient (Wildman–Crippen LogP) is 2.37. The lowest BCUT2D eigenvalue weighted by Gasteiger charge is -2.24. The van der Waals surface area contributed by atoms with Crippen LogP contribution in [0.1, 0.15) is 26.5 Å². The van der Waals surface area contributed by atoms with Crippen molar-refractivity contribution in [1.82, 2.24) is 10.2 Å². The molecule has 1 aromatic heterocycles. The molecule has 1 aromatic carbocycles.